The van der Waals surface area contributed by atoms with E-state index in [4.69, 9.17) is 0 Å². The van der Waals surface area contributed by atoms with Crippen LogP contribution in [0.1, 0.15) is 41.3 Å². The molecule has 0 unspecified atom stereocenters. The second-order valence-electron chi connectivity index (χ2n) is 5.82. The first-order valence-corrected chi connectivity index (χ1v) is 8.69. The molecule has 0 aromatic carbocycles. The summed E-state index contributed by atoms with van der Waals surface area (Å²) < 4.78 is 2.11. The molecule has 3 rings (SSSR count). The van der Waals surface area contributed by atoms with E-state index in [1.165, 1.54) is 4.88 Å². The molecule has 0 spiro atoms. The van der Waals surface area contributed by atoms with Crippen LogP contribution in [0.5, 0.6) is 0 Å². The third-order valence-corrected chi connectivity index (χ3v) is 5.32. The Kier molecular flexibility index (Phi) is 4.57. The van der Waals surface area contributed by atoms with E-state index in [-0.39, 0.29) is 5.91 Å². The van der Waals surface area contributed by atoms with Crippen LogP contribution in [0.2, 0.25) is 0 Å². The minimum atomic E-state index is 0.247. The van der Waals surface area contributed by atoms with E-state index in [2.05, 4.69) is 40.7 Å². The van der Waals surface area contributed by atoms with Gasteiger partial charge in [0, 0.05) is 35.3 Å². The quantitative estimate of drug-likeness (QED) is 0.871. The molecule has 118 valence electrons. The number of hydrogen-bond acceptors (Lipinski definition) is 4. The molecule has 6 heteroatoms. The van der Waals surface area contributed by atoms with Crippen molar-refractivity contribution in [2.24, 2.45) is 0 Å². The fourth-order valence-corrected chi connectivity index (χ4v) is 3.93. The first-order valence-electron chi connectivity index (χ1n) is 7.88. The minimum absolute atomic E-state index is 0.247. The highest BCUT2D eigenvalue weighted by atomic mass is 32.1. The highest BCUT2D eigenvalue weighted by Crippen LogP contribution is 2.27. The van der Waals surface area contributed by atoms with Crippen molar-refractivity contribution < 1.29 is 4.79 Å². The molecule has 1 amide bonds. The van der Waals surface area contributed by atoms with Crippen molar-refractivity contribution in [1.29, 1.82) is 0 Å². The molecule has 3 heterocycles. The largest absolute Gasteiger partial charge is 0.342 e. The summed E-state index contributed by atoms with van der Waals surface area (Å²) in [5.74, 6) is 1.75. The first-order chi connectivity index (χ1) is 10.7. The first kappa shape index (κ1) is 15.2. The molecular formula is C16H22N4OS. The number of carbonyl (C=O) groups excluding carboxylic acids is 1. The van der Waals surface area contributed by atoms with E-state index >= 15 is 0 Å². The lowest BCUT2D eigenvalue weighted by Crippen LogP contribution is -2.39. The third kappa shape index (κ3) is 3.21. The van der Waals surface area contributed by atoms with Gasteiger partial charge in [0.05, 0.1) is 6.42 Å². The van der Waals surface area contributed by atoms with Gasteiger partial charge in [-0.15, -0.1) is 21.5 Å². The van der Waals surface area contributed by atoms with Gasteiger partial charge in [-0.05, 0) is 38.8 Å². The fourth-order valence-electron chi connectivity index (χ4n) is 3.05. The van der Waals surface area contributed by atoms with E-state index in [0.717, 1.165) is 43.2 Å². The lowest BCUT2D eigenvalue weighted by Gasteiger charge is -2.31. The normalized spacial score (nSPS) is 16.2. The number of carbonyl (C=O) groups is 1. The van der Waals surface area contributed by atoms with Gasteiger partial charge in [-0.3, -0.25) is 4.79 Å². The molecule has 0 aliphatic carbocycles. The monoisotopic (exact) mass is 318 g/mol. The average molecular weight is 318 g/mol. The molecule has 1 aliphatic rings. The second-order valence-corrected chi connectivity index (χ2v) is 7.19. The Morgan fingerprint density at radius 1 is 1.36 bits per heavy atom. The van der Waals surface area contributed by atoms with Gasteiger partial charge in [-0.1, -0.05) is 0 Å². The number of amides is 1. The van der Waals surface area contributed by atoms with Gasteiger partial charge in [-0.25, -0.2) is 0 Å². The molecule has 5 nitrogen and oxygen atoms in total. The van der Waals surface area contributed by atoms with Gasteiger partial charge < -0.3 is 9.47 Å². The number of hydrogen-bond donors (Lipinski definition) is 0. The molecule has 1 saturated heterocycles. The van der Waals surface area contributed by atoms with Crippen LogP contribution < -0.4 is 0 Å². The van der Waals surface area contributed by atoms with Crippen LogP contribution >= 0.6 is 11.3 Å². The Hall–Kier alpha value is -1.69. The van der Waals surface area contributed by atoms with Crippen molar-refractivity contribution in [2.75, 3.05) is 13.1 Å². The molecule has 0 atom stereocenters. The summed E-state index contributed by atoms with van der Waals surface area (Å²) in [6.45, 7) is 6.73. The van der Waals surface area contributed by atoms with Gasteiger partial charge in [-0.2, -0.15) is 0 Å². The van der Waals surface area contributed by atoms with E-state index in [0.29, 0.717) is 12.3 Å². The molecule has 0 saturated carbocycles. The van der Waals surface area contributed by atoms with Crippen LogP contribution in [0.4, 0.5) is 0 Å². The Morgan fingerprint density at radius 3 is 2.77 bits per heavy atom. The minimum Gasteiger partial charge on any atom is -0.342 e. The van der Waals surface area contributed by atoms with Crippen molar-refractivity contribution in [3.63, 3.8) is 0 Å². The van der Waals surface area contributed by atoms with Crippen molar-refractivity contribution in [1.82, 2.24) is 19.7 Å². The molecule has 0 N–H and O–H groups in total. The highest BCUT2D eigenvalue weighted by molar-refractivity contribution is 7.12. The van der Waals surface area contributed by atoms with Gasteiger partial charge in [0.15, 0.2) is 0 Å². The SMILES string of the molecule is CCn1cnnc1C1CCN(C(=O)Cc2ccc(C)s2)CC1. The van der Waals surface area contributed by atoms with Crippen LogP contribution in [0.15, 0.2) is 18.5 Å². The fraction of sp³-hybridized carbons (Fsp3) is 0.562. The zero-order valence-electron chi connectivity index (χ0n) is 13.2. The van der Waals surface area contributed by atoms with E-state index < -0.39 is 0 Å². The van der Waals surface area contributed by atoms with Gasteiger partial charge in [0.2, 0.25) is 5.91 Å². The predicted octanol–water partition coefficient (Wildman–Crippen LogP) is 2.62. The van der Waals surface area contributed by atoms with Gasteiger partial charge in [0.1, 0.15) is 12.2 Å². The number of likely N-dealkylation sites (tertiary alicyclic amines) is 1. The predicted molar refractivity (Wildman–Crippen MR) is 87.0 cm³/mol. The van der Waals surface area contributed by atoms with Crippen molar-refractivity contribution in [3.8, 4) is 0 Å². The number of nitrogens with zero attached hydrogens (tertiary/aromatic N) is 4. The van der Waals surface area contributed by atoms with Crippen LogP contribution in [-0.4, -0.2) is 38.7 Å². The second kappa shape index (κ2) is 6.60. The van der Waals surface area contributed by atoms with Crippen molar-refractivity contribution in [3.05, 3.63) is 34.0 Å². The van der Waals surface area contributed by atoms with E-state index in [9.17, 15) is 4.79 Å². The number of aryl methyl sites for hydroxylation is 2. The van der Waals surface area contributed by atoms with Crippen LogP contribution in [0.25, 0.3) is 0 Å². The molecule has 1 aliphatic heterocycles. The maximum absolute atomic E-state index is 12.4. The number of piperidine rings is 1. The Balaban J connectivity index is 1.56. The van der Waals surface area contributed by atoms with Crippen molar-refractivity contribution in [2.45, 2.75) is 45.6 Å². The number of thiophene rings is 1. The van der Waals surface area contributed by atoms with E-state index in [1.54, 1.807) is 17.7 Å². The lowest BCUT2D eigenvalue weighted by molar-refractivity contribution is -0.131. The summed E-state index contributed by atoms with van der Waals surface area (Å²) in [5.41, 5.74) is 0. The molecule has 2 aromatic rings. The standard InChI is InChI=1S/C16H22N4OS/c1-3-19-11-17-18-16(19)13-6-8-20(9-7-13)15(21)10-14-5-4-12(2)22-14/h4-5,11,13H,3,6-10H2,1-2H3. The number of aromatic nitrogens is 3. The Labute approximate surface area is 135 Å². The maximum atomic E-state index is 12.4. The topological polar surface area (TPSA) is 51.0 Å². The number of rotatable bonds is 4. The Bertz CT molecular complexity index is 640. The molecular weight excluding hydrogens is 296 g/mol. The summed E-state index contributed by atoms with van der Waals surface area (Å²) in [4.78, 5) is 16.8. The van der Waals surface area contributed by atoms with Crippen LogP contribution in [0, 0.1) is 6.92 Å². The molecule has 2 aromatic heterocycles. The van der Waals surface area contributed by atoms with Gasteiger partial charge >= 0.3 is 0 Å². The molecule has 1 fully saturated rings. The zero-order valence-corrected chi connectivity index (χ0v) is 14.0. The van der Waals surface area contributed by atoms with Crippen LogP contribution in [-0.2, 0) is 17.8 Å². The summed E-state index contributed by atoms with van der Waals surface area (Å²) in [6, 6.07) is 4.14. The molecule has 0 radical (unpaired) electrons. The van der Waals surface area contributed by atoms with Crippen LogP contribution in [0.3, 0.4) is 0 Å². The van der Waals surface area contributed by atoms with Crippen molar-refractivity contribution >= 4 is 17.2 Å². The lowest BCUT2D eigenvalue weighted by atomic mass is 9.95. The van der Waals surface area contributed by atoms with E-state index in [1.807, 2.05) is 4.90 Å². The summed E-state index contributed by atoms with van der Waals surface area (Å²) >= 11 is 1.71. The molecule has 22 heavy (non-hydrogen) atoms. The summed E-state index contributed by atoms with van der Waals surface area (Å²) in [5, 5.41) is 8.28. The highest BCUT2D eigenvalue weighted by Gasteiger charge is 2.26. The third-order valence-electron chi connectivity index (χ3n) is 4.32. The Morgan fingerprint density at radius 2 is 2.14 bits per heavy atom. The van der Waals surface area contributed by atoms with Gasteiger partial charge in [0.25, 0.3) is 0 Å². The maximum Gasteiger partial charge on any atom is 0.227 e. The molecule has 0 bridgehead atoms. The average Bonchev–Trinajstić information content (AvgIpc) is 3.16. The smallest absolute Gasteiger partial charge is 0.227 e. The zero-order chi connectivity index (χ0) is 15.5. The summed E-state index contributed by atoms with van der Waals surface area (Å²) in [6.07, 6.45) is 4.29. The summed E-state index contributed by atoms with van der Waals surface area (Å²) in [7, 11) is 0.